The van der Waals surface area contributed by atoms with Crippen molar-refractivity contribution in [3.63, 3.8) is 0 Å². The first-order valence-electron chi connectivity index (χ1n) is 26.2. The number of rotatable bonds is 12. The van der Waals surface area contributed by atoms with Crippen LogP contribution in [0.4, 0.5) is 0 Å². The van der Waals surface area contributed by atoms with Crippen molar-refractivity contribution in [2.75, 3.05) is 21.3 Å². The molecule has 0 saturated heterocycles. The van der Waals surface area contributed by atoms with Gasteiger partial charge in [0.25, 0.3) is 0 Å². The van der Waals surface area contributed by atoms with Crippen LogP contribution >= 0.6 is 19.9 Å². The molecule has 0 spiro atoms. The van der Waals surface area contributed by atoms with E-state index in [9.17, 15) is 10.7 Å². The van der Waals surface area contributed by atoms with E-state index in [1.165, 1.54) is 258 Å². The van der Waals surface area contributed by atoms with Gasteiger partial charge < -0.3 is 14.2 Å². The lowest BCUT2D eigenvalue weighted by atomic mass is 9.79. The maximum atomic E-state index is 9.23. The first-order chi connectivity index (χ1) is 30.5. The molecule has 0 amide bonds. The SMILES string of the molecule is COc1c(C2CCCCC2)cc(S(Cl)(c2cc(C3CCCCC3)c(OC)c(C3CCCCC3)c2)c2cc(C3CCCCC3)c(OC)c(C3CCCCC3)c2)cc1C1CCCCC1. The van der Waals surface area contributed by atoms with Gasteiger partial charge in [-0.1, -0.05) is 135 Å². The third-order valence-electron chi connectivity index (χ3n) is 17.2. The van der Waals surface area contributed by atoms with Crippen LogP contribution in [0.2, 0.25) is 0 Å². The van der Waals surface area contributed by atoms with Crippen LogP contribution in [0.3, 0.4) is 0 Å². The van der Waals surface area contributed by atoms with Gasteiger partial charge >= 0.3 is 0 Å². The van der Waals surface area contributed by atoms with Crippen LogP contribution in [0.15, 0.2) is 51.1 Å². The van der Waals surface area contributed by atoms with E-state index in [0.29, 0.717) is 35.5 Å². The number of methoxy groups -OCH3 is 3. The van der Waals surface area contributed by atoms with Crippen molar-refractivity contribution in [2.45, 2.75) is 243 Å². The molecule has 6 aliphatic carbocycles. The minimum absolute atomic E-state index is 0.513. The molecule has 0 atom stereocenters. The third kappa shape index (κ3) is 9.24. The summed E-state index contributed by atoms with van der Waals surface area (Å²) in [6, 6.07) is 15.7. The largest absolute Gasteiger partial charge is 0.496 e. The normalized spacial score (nSPS) is 22.7. The van der Waals surface area contributed by atoms with Crippen LogP contribution in [-0.4, -0.2) is 21.3 Å². The summed E-state index contributed by atoms with van der Waals surface area (Å²) in [4.78, 5) is 4.06. The fraction of sp³-hybridized carbons (Fsp3) is 0.684. The second-order valence-corrected chi connectivity index (χ2v) is 24.8. The van der Waals surface area contributed by atoms with Gasteiger partial charge in [-0.15, -0.1) is 0 Å². The molecule has 0 aliphatic heterocycles. The lowest BCUT2D eigenvalue weighted by Crippen LogP contribution is -2.15. The summed E-state index contributed by atoms with van der Waals surface area (Å²) in [5.74, 6) is 6.64. The molecule has 340 valence electrons. The third-order valence-corrected chi connectivity index (χ3v) is 21.5. The van der Waals surface area contributed by atoms with Gasteiger partial charge in [-0.3, -0.25) is 0 Å². The molecule has 6 aliphatic rings. The van der Waals surface area contributed by atoms with Crippen molar-refractivity contribution in [2.24, 2.45) is 0 Å². The van der Waals surface area contributed by atoms with Gasteiger partial charge in [-0.05, 0) is 182 Å². The number of ether oxygens (including phenoxy) is 3. The molecule has 3 nitrogen and oxygen atoms in total. The molecular formula is C57H81ClO3S. The van der Waals surface area contributed by atoms with Crippen molar-refractivity contribution in [3.8, 4) is 17.2 Å². The minimum atomic E-state index is -2.31. The predicted molar refractivity (Wildman–Crippen MR) is 262 cm³/mol. The number of halogens is 1. The molecule has 3 aromatic carbocycles. The Labute approximate surface area is 383 Å². The average Bonchev–Trinajstić information content (AvgIpc) is 3.36. The van der Waals surface area contributed by atoms with Crippen LogP contribution in [-0.2, 0) is 0 Å². The fourth-order valence-electron chi connectivity index (χ4n) is 13.8. The van der Waals surface area contributed by atoms with E-state index >= 15 is 0 Å². The molecule has 6 fully saturated rings. The number of hydrogen-bond acceptors (Lipinski definition) is 3. The van der Waals surface area contributed by atoms with Crippen molar-refractivity contribution in [1.29, 1.82) is 0 Å². The Morgan fingerprint density at radius 3 is 0.613 bits per heavy atom. The molecule has 62 heavy (non-hydrogen) atoms. The van der Waals surface area contributed by atoms with Crippen LogP contribution < -0.4 is 14.2 Å². The Morgan fingerprint density at radius 1 is 0.306 bits per heavy atom. The molecule has 0 heterocycles. The lowest BCUT2D eigenvalue weighted by Gasteiger charge is -2.40. The Balaban J connectivity index is 1.36. The van der Waals surface area contributed by atoms with Crippen LogP contribution in [0.25, 0.3) is 0 Å². The molecule has 9 rings (SSSR count). The van der Waals surface area contributed by atoms with E-state index < -0.39 is 9.24 Å². The standard InChI is InChI=1S/C57H81ClO3S/c1-59-55-49(40-22-10-4-11-23-40)34-46(35-50(55)41-24-12-5-13-25-41)62(58,47-36-51(42-26-14-6-15-27-42)56(60-2)52(37-47)43-28-16-7-17-29-43)48-38-53(44-30-18-8-19-31-44)57(61-3)54(39-48)45-32-20-9-21-33-45/h34-45H,4-33H2,1-3H3. The van der Waals surface area contributed by atoms with Gasteiger partial charge in [0, 0.05) is 14.7 Å². The lowest BCUT2D eigenvalue weighted by molar-refractivity contribution is 0.367. The monoisotopic (exact) mass is 881 g/mol. The summed E-state index contributed by atoms with van der Waals surface area (Å²) >= 11 is 0. The van der Waals surface area contributed by atoms with Crippen LogP contribution in [0, 0.1) is 0 Å². The van der Waals surface area contributed by atoms with Gasteiger partial charge in [0.2, 0.25) is 0 Å². The van der Waals surface area contributed by atoms with Gasteiger partial charge in [0.05, 0.1) is 21.3 Å². The maximum Gasteiger partial charge on any atom is 0.125 e. The zero-order chi connectivity index (χ0) is 42.5. The zero-order valence-electron chi connectivity index (χ0n) is 39.2. The second-order valence-electron chi connectivity index (χ2n) is 21.0. The highest BCUT2D eigenvalue weighted by atomic mass is 35.7. The smallest absolute Gasteiger partial charge is 0.125 e. The first kappa shape index (κ1) is 44.9. The fourth-order valence-corrected chi connectivity index (χ4v) is 17.2. The highest BCUT2D eigenvalue weighted by Crippen LogP contribution is 2.75. The molecule has 0 bridgehead atoms. The molecule has 3 aromatic rings. The zero-order valence-corrected chi connectivity index (χ0v) is 40.7. The maximum absolute atomic E-state index is 9.23. The van der Waals surface area contributed by atoms with E-state index in [0.717, 1.165) is 0 Å². The van der Waals surface area contributed by atoms with Crippen molar-refractivity contribution < 1.29 is 14.2 Å². The molecule has 0 N–H and O–H groups in total. The summed E-state index contributed by atoms with van der Waals surface area (Å²) < 4.78 is 19.9. The van der Waals surface area contributed by atoms with Gasteiger partial charge in [0.1, 0.15) is 17.2 Å². The average molecular weight is 882 g/mol. The van der Waals surface area contributed by atoms with E-state index in [4.69, 9.17) is 14.2 Å². The Bertz CT molecular complexity index is 1600. The van der Waals surface area contributed by atoms with Crippen molar-refractivity contribution >= 4 is 19.9 Å². The molecule has 0 aromatic heterocycles. The molecule has 5 heteroatoms. The molecule has 0 unspecified atom stereocenters. The predicted octanol–water partition coefficient (Wildman–Crippen LogP) is 18.4. The van der Waals surface area contributed by atoms with Gasteiger partial charge in [0.15, 0.2) is 0 Å². The van der Waals surface area contributed by atoms with Crippen LogP contribution in [0.1, 0.15) is 262 Å². The molecular weight excluding hydrogens is 800 g/mol. The Kier molecular flexibility index (Phi) is 15.1. The minimum Gasteiger partial charge on any atom is -0.496 e. The summed E-state index contributed by atoms with van der Waals surface area (Å²) in [7, 11) is 12.8. The summed E-state index contributed by atoms with van der Waals surface area (Å²) in [6.07, 6.45) is 38.7. The van der Waals surface area contributed by atoms with Crippen molar-refractivity contribution in [3.05, 3.63) is 69.8 Å². The Hall–Kier alpha value is -2.30. The van der Waals surface area contributed by atoms with Gasteiger partial charge in [-0.2, -0.15) is 0 Å². The van der Waals surface area contributed by atoms with E-state index in [1.807, 2.05) is 21.3 Å². The quantitative estimate of drug-likeness (QED) is 0.181. The Morgan fingerprint density at radius 2 is 0.468 bits per heavy atom. The van der Waals surface area contributed by atoms with E-state index in [2.05, 4.69) is 36.4 Å². The number of benzene rings is 3. The second kappa shape index (κ2) is 20.9. The molecule has 0 radical (unpaired) electrons. The van der Waals surface area contributed by atoms with Crippen molar-refractivity contribution in [1.82, 2.24) is 0 Å². The van der Waals surface area contributed by atoms with Crippen LogP contribution in [0.5, 0.6) is 17.2 Å². The number of hydrogen-bond donors (Lipinski definition) is 0. The summed E-state index contributed by atoms with van der Waals surface area (Å²) in [5.41, 5.74) is 8.69. The highest BCUT2D eigenvalue weighted by molar-refractivity contribution is 8.51. The topological polar surface area (TPSA) is 27.7 Å². The van der Waals surface area contributed by atoms with Gasteiger partial charge in [-0.25, -0.2) is 0 Å². The van der Waals surface area contributed by atoms with E-state index in [-0.39, 0.29) is 0 Å². The first-order valence-corrected chi connectivity index (χ1v) is 28.7. The van der Waals surface area contributed by atoms with E-state index in [1.54, 1.807) is 0 Å². The summed E-state index contributed by atoms with van der Waals surface area (Å²) in [5, 5.41) is 0. The highest BCUT2D eigenvalue weighted by Gasteiger charge is 2.39. The molecule has 6 saturated carbocycles. The summed E-state index contributed by atoms with van der Waals surface area (Å²) in [6.45, 7) is 0.